The van der Waals surface area contributed by atoms with Gasteiger partial charge in [-0.25, -0.2) is 0 Å². The van der Waals surface area contributed by atoms with Gasteiger partial charge in [0.1, 0.15) is 12.4 Å². The summed E-state index contributed by atoms with van der Waals surface area (Å²) in [6.07, 6.45) is 1.54. The maximum atomic E-state index is 13.5. The molecule has 192 valence electrons. The molecule has 1 saturated carbocycles. The van der Waals surface area contributed by atoms with Crippen LogP contribution in [0.4, 0.5) is 5.69 Å². The molecule has 0 bridgehead atoms. The first-order valence-corrected chi connectivity index (χ1v) is 12.5. The first-order valence-electron chi connectivity index (χ1n) is 12.5. The van der Waals surface area contributed by atoms with Crippen LogP contribution < -0.4 is 10.1 Å². The van der Waals surface area contributed by atoms with E-state index in [0.29, 0.717) is 35.7 Å². The highest BCUT2D eigenvalue weighted by Crippen LogP contribution is 2.32. The summed E-state index contributed by atoms with van der Waals surface area (Å²) < 4.78 is 11.9. The third-order valence-electron chi connectivity index (χ3n) is 6.94. The third-order valence-corrected chi connectivity index (χ3v) is 6.94. The van der Waals surface area contributed by atoms with Crippen LogP contribution >= 0.6 is 0 Å². The molecule has 3 atom stereocenters. The fraction of sp³-hybridized carbons (Fsp3) is 0.464. The summed E-state index contributed by atoms with van der Waals surface area (Å²) in [5.74, 6) is 0.119. The molecule has 3 amide bonds. The Morgan fingerprint density at radius 3 is 2.44 bits per heavy atom. The number of fused-ring (bicyclic) bond motifs is 1. The second-order valence-electron chi connectivity index (χ2n) is 9.90. The van der Waals surface area contributed by atoms with E-state index in [4.69, 9.17) is 9.47 Å². The Hall–Kier alpha value is -3.39. The number of hydrogen-bond acceptors (Lipinski definition) is 5. The fourth-order valence-electron chi connectivity index (χ4n) is 4.47. The lowest BCUT2D eigenvalue weighted by Crippen LogP contribution is -2.48. The summed E-state index contributed by atoms with van der Waals surface area (Å²) in [5.41, 5.74) is 1.59. The van der Waals surface area contributed by atoms with E-state index in [1.807, 2.05) is 36.9 Å². The molecule has 8 heteroatoms. The molecule has 0 unspecified atom stereocenters. The smallest absolute Gasteiger partial charge is 0.257 e. The zero-order valence-corrected chi connectivity index (χ0v) is 21.4. The number of carbonyl (C=O) groups excluding carboxylic acids is 3. The van der Waals surface area contributed by atoms with Gasteiger partial charge in [0.15, 0.2) is 0 Å². The fourth-order valence-corrected chi connectivity index (χ4v) is 4.47. The summed E-state index contributed by atoms with van der Waals surface area (Å²) >= 11 is 0. The highest BCUT2D eigenvalue weighted by Gasteiger charge is 2.32. The molecule has 0 spiro atoms. The van der Waals surface area contributed by atoms with Crippen molar-refractivity contribution in [3.05, 3.63) is 59.7 Å². The predicted molar refractivity (Wildman–Crippen MR) is 137 cm³/mol. The van der Waals surface area contributed by atoms with E-state index >= 15 is 0 Å². The molecular weight excluding hydrogens is 458 g/mol. The Morgan fingerprint density at radius 2 is 1.78 bits per heavy atom. The lowest BCUT2D eigenvalue weighted by atomic mass is 10.0. The van der Waals surface area contributed by atoms with Gasteiger partial charge in [-0.3, -0.25) is 14.4 Å². The van der Waals surface area contributed by atoms with Crippen molar-refractivity contribution in [3.8, 4) is 5.75 Å². The lowest BCUT2D eigenvalue weighted by molar-refractivity contribution is -0.117. The average molecular weight is 494 g/mol. The van der Waals surface area contributed by atoms with Gasteiger partial charge in [-0.15, -0.1) is 0 Å². The van der Waals surface area contributed by atoms with Gasteiger partial charge in [-0.2, -0.15) is 0 Å². The second kappa shape index (κ2) is 11.1. The number of ether oxygens (including phenoxy) is 2. The molecule has 0 saturated heterocycles. The number of nitrogens with one attached hydrogen (secondary N) is 1. The van der Waals surface area contributed by atoms with Crippen molar-refractivity contribution in [2.45, 2.75) is 38.8 Å². The van der Waals surface area contributed by atoms with Crippen LogP contribution in [-0.2, 0) is 9.53 Å². The molecule has 0 radical (unpaired) electrons. The SMILES string of the molecule is CO[C@H]1CN(C)C(=O)c2ccc(NC(=O)C3CC3)cc2OC[C@H](C)N(C(=O)c2ccccc2)C[C@H]1C. The Morgan fingerprint density at radius 1 is 1.06 bits per heavy atom. The molecule has 1 aliphatic carbocycles. The van der Waals surface area contributed by atoms with Gasteiger partial charge in [0.2, 0.25) is 5.91 Å². The van der Waals surface area contributed by atoms with Crippen LogP contribution in [-0.4, -0.2) is 73.5 Å². The number of likely N-dealkylation sites (N-methyl/N-ethyl adjacent to an activating group) is 1. The summed E-state index contributed by atoms with van der Waals surface area (Å²) in [6.45, 7) is 4.96. The molecule has 1 heterocycles. The number of carbonyl (C=O) groups is 3. The van der Waals surface area contributed by atoms with E-state index in [0.717, 1.165) is 12.8 Å². The standard InChI is InChI=1S/C28H35N3O5/c1-18-15-31(27(33)21-8-6-5-7-9-21)19(2)17-36-24-14-22(29-26(32)20-10-11-20)12-13-23(24)28(34)30(3)16-25(18)35-4/h5-9,12-14,18-20,25H,10-11,15-17H2,1-4H3,(H,29,32)/t18-,19+,25+/m1/s1. The number of rotatable bonds is 4. The molecule has 0 aromatic heterocycles. The Labute approximate surface area is 212 Å². The zero-order chi connectivity index (χ0) is 25.8. The van der Waals surface area contributed by atoms with Crippen LogP contribution in [0.25, 0.3) is 0 Å². The van der Waals surface area contributed by atoms with Crippen LogP contribution in [0, 0.1) is 11.8 Å². The third kappa shape index (κ3) is 5.87. The molecule has 8 nitrogen and oxygen atoms in total. The first-order chi connectivity index (χ1) is 17.3. The minimum atomic E-state index is -0.275. The first kappa shape index (κ1) is 25.7. The molecule has 36 heavy (non-hydrogen) atoms. The minimum Gasteiger partial charge on any atom is -0.491 e. The van der Waals surface area contributed by atoms with E-state index < -0.39 is 0 Å². The van der Waals surface area contributed by atoms with E-state index in [1.54, 1.807) is 49.4 Å². The normalized spacial score (nSPS) is 23.1. The summed E-state index contributed by atoms with van der Waals surface area (Å²) in [5, 5.41) is 2.92. The molecule has 4 rings (SSSR count). The molecule has 1 aliphatic heterocycles. The Kier molecular flexibility index (Phi) is 7.94. The van der Waals surface area contributed by atoms with Gasteiger partial charge in [0.25, 0.3) is 11.8 Å². The lowest BCUT2D eigenvalue weighted by Gasteiger charge is -2.36. The van der Waals surface area contributed by atoms with E-state index in [1.165, 1.54) is 0 Å². The van der Waals surface area contributed by atoms with Gasteiger partial charge in [0, 0.05) is 56.4 Å². The largest absolute Gasteiger partial charge is 0.491 e. The quantitative estimate of drug-likeness (QED) is 0.702. The van der Waals surface area contributed by atoms with Crippen LogP contribution in [0.5, 0.6) is 5.75 Å². The van der Waals surface area contributed by atoms with Gasteiger partial charge < -0.3 is 24.6 Å². The zero-order valence-electron chi connectivity index (χ0n) is 21.4. The molecular formula is C28H35N3O5. The van der Waals surface area contributed by atoms with Crippen molar-refractivity contribution < 1.29 is 23.9 Å². The number of amides is 3. The van der Waals surface area contributed by atoms with Crippen LogP contribution in [0.2, 0.25) is 0 Å². The van der Waals surface area contributed by atoms with Crippen LogP contribution in [0.3, 0.4) is 0 Å². The van der Waals surface area contributed by atoms with E-state index in [9.17, 15) is 14.4 Å². The molecule has 2 aromatic carbocycles. The van der Waals surface area contributed by atoms with Crippen molar-refractivity contribution in [2.75, 3.05) is 39.2 Å². The molecule has 2 aliphatic rings. The average Bonchev–Trinajstić information content (AvgIpc) is 3.74. The molecule has 1 fully saturated rings. The minimum absolute atomic E-state index is 0.0172. The van der Waals surface area contributed by atoms with Gasteiger partial charge in [0.05, 0.1) is 17.7 Å². The van der Waals surface area contributed by atoms with Crippen molar-refractivity contribution in [3.63, 3.8) is 0 Å². The monoisotopic (exact) mass is 493 g/mol. The van der Waals surface area contributed by atoms with Crippen molar-refractivity contribution in [1.82, 2.24) is 9.80 Å². The maximum Gasteiger partial charge on any atom is 0.257 e. The van der Waals surface area contributed by atoms with Gasteiger partial charge >= 0.3 is 0 Å². The van der Waals surface area contributed by atoms with Gasteiger partial charge in [-0.1, -0.05) is 25.1 Å². The number of methoxy groups -OCH3 is 1. The summed E-state index contributed by atoms with van der Waals surface area (Å²) in [4.78, 5) is 42.6. The van der Waals surface area contributed by atoms with Crippen molar-refractivity contribution in [1.29, 1.82) is 0 Å². The Balaban J connectivity index is 1.66. The van der Waals surface area contributed by atoms with E-state index in [-0.39, 0.29) is 48.3 Å². The predicted octanol–water partition coefficient (Wildman–Crippen LogP) is 3.68. The number of benzene rings is 2. The molecule has 2 aromatic rings. The highest BCUT2D eigenvalue weighted by atomic mass is 16.5. The summed E-state index contributed by atoms with van der Waals surface area (Å²) in [6, 6.07) is 14.0. The van der Waals surface area contributed by atoms with Gasteiger partial charge in [-0.05, 0) is 44.0 Å². The number of nitrogens with zero attached hydrogens (tertiary/aromatic N) is 2. The van der Waals surface area contributed by atoms with Crippen molar-refractivity contribution in [2.24, 2.45) is 11.8 Å². The topological polar surface area (TPSA) is 88.2 Å². The maximum absolute atomic E-state index is 13.5. The summed E-state index contributed by atoms with van der Waals surface area (Å²) in [7, 11) is 3.36. The van der Waals surface area contributed by atoms with Crippen molar-refractivity contribution >= 4 is 23.4 Å². The van der Waals surface area contributed by atoms with Crippen LogP contribution in [0.1, 0.15) is 47.4 Å². The molecule has 1 N–H and O–H groups in total. The highest BCUT2D eigenvalue weighted by molar-refractivity contribution is 5.99. The second-order valence-corrected chi connectivity index (χ2v) is 9.90. The number of hydrogen-bond donors (Lipinski definition) is 1. The van der Waals surface area contributed by atoms with E-state index in [2.05, 4.69) is 5.32 Å². The number of anilines is 1. The van der Waals surface area contributed by atoms with Crippen LogP contribution in [0.15, 0.2) is 48.5 Å². The Bertz CT molecular complexity index is 1100.